The van der Waals surface area contributed by atoms with E-state index < -0.39 is 0 Å². The third-order valence-corrected chi connectivity index (χ3v) is 8.94. The topological polar surface area (TPSA) is 104 Å². The zero-order chi connectivity index (χ0) is 30.9. The molecule has 1 aliphatic rings. The first-order valence-electron chi connectivity index (χ1n) is 14.5. The van der Waals surface area contributed by atoms with E-state index in [2.05, 4.69) is 38.9 Å². The Balaban J connectivity index is 1.28. The number of carbonyl (C=O) groups is 3. The molecule has 3 aromatic rings. The maximum atomic E-state index is 13.4. The minimum absolute atomic E-state index is 0.0975. The number of aromatic nitrogens is 1. The predicted octanol–water partition coefficient (Wildman–Crippen LogP) is 5.58. The average molecular weight is 626 g/mol. The Labute approximate surface area is 262 Å². The summed E-state index contributed by atoms with van der Waals surface area (Å²) in [6, 6.07) is 11.1. The van der Waals surface area contributed by atoms with Gasteiger partial charge in [0.1, 0.15) is 5.15 Å². The van der Waals surface area contributed by atoms with Gasteiger partial charge in [-0.1, -0.05) is 23.7 Å². The van der Waals surface area contributed by atoms with E-state index in [4.69, 9.17) is 16.3 Å². The van der Waals surface area contributed by atoms with Crippen LogP contribution in [0.2, 0.25) is 5.15 Å². The quantitative estimate of drug-likeness (QED) is 0.213. The number of thiophene rings is 1. The van der Waals surface area contributed by atoms with Crippen LogP contribution in [0.5, 0.6) is 0 Å². The van der Waals surface area contributed by atoms with Crippen LogP contribution in [0.4, 0.5) is 4.79 Å². The van der Waals surface area contributed by atoms with Crippen LogP contribution in [0, 0.1) is 13.8 Å². The lowest BCUT2D eigenvalue weighted by Crippen LogP contribution is -2.51. The molecule has 1 aromatic carbocycles. The summed E-state index contributed by atoms with van der Waals surface area (Å²) >= 11 is 7.64. The third kappa shape index (κ3) is 8.78. The Bertz CT molecular complexity index is 1370. The van der Waals surface area contributed by atoms with Crippen molar-refractivity contribution in [3.63, 3.8) is 0 Å². The number of benzene rings is 1. The van der Waals surface area contributed by atoms with Gasteiger partial charge in [-0.05, 0) is 91.7 Å². The normalized spacial score (nSPS) is 14.6. The number of carbonyl (C=O) groups excluding carboxylic acids is 3. The largest absolute Gasteiger partial charge is 0.465 e. The number of esters is 1. The summed E-state index contributed by atoms with van der Waals surface area (Å²) in [6.07, 6.45) is 2.57. The molecular formula is C32H40ClN5O4S. The number of rotatable bonds is 11. The fourth-order valence-corrected chi connectivity index (χ4v) is 6.48. The van der Waals surface area contributed by atoms with Crippen molar-refractivity contribution < 1.29 is 19.1 Å². The van der Waals surface area contributed by atoms with Gasteiger partial charge in [-0.25, -0.2) is 14.6 Å². The number of aryl methyl sites for hydroxylation is 2. The van der Waals surface area contributed by atoms with E-state index in [1.54, 1.807) is 36.5 Å². The molecule has 1 aliphatic heterocycles. The molecule has 0 aliphatic carbocycles. The number of urea groups is 1. The standard InChI is InChI=1S/C32H40ClN5O4S/c1-21-17-28(33)36-23(3)29(21)30(39)34-13-9-22(2)37-14-10-27(11-15-37)38(19-25-12-16-43-20-25)32(41)35-18-24-5-7-26(8-6-24)31(40)42-4/h5-8,12,16-17,20,22,27H,9-11,13-15,18-19H2,1-4H3,(H,34,39)(H,35,41)/t22-/m1/s1. The molecule has 1 atom stereocenters. The molecule has 4 rings (SSSR count). The van der Waals surface area contributed by atoms with E-state index in [0.29, 0.717) is 47.7 Å². The van der Waals surface area contributed by atoms with Gasteiger partial charge in [-0.15, -0.1) is 0 Å². The highest BCUT2D eigenvalue weighted by Gasteiger charge is 2.30. The van der Waals surface area contributed by atoms with E-state index in [0.717, 1.165) is 49.0 Å². The molecule has 1 saturated heterocycles. The lowest BCUT2D eigenvalue weighted by molar-refractivity contribution is 0.0600. The van der Waals surface area contributed by atoms with Crippen molar-refractivity contribution in [3.05, 3.63) is 85.8 Å². The number of hydrogen-bond donors (Lipinski definition) is 2. The molecule has 9 nitrogen and oxygen atoms in total. The predicted molar refractivity (Wildman–Crippen MR) is 170 cm³/mol. The minimum atomic E-state index is -0.386. The fourth-order valence-electron chi connectivity index (χ4n) is 5.53. The number of hydrogen-bond acceptors (Lipinski definition) is 7. The van der Waals surface area contributed by atoms with E-state index in [-0.39, 0.29) is 23.9 Å². The number of nitrogens with one attached hydrogen (secondary N) is 2. The van der Waals surface area contributed by atoms with Crippen LogP contribution in [0.25, 0.3) is 0 Å². The lowest BCUT2D eigenvalue weighted by atomic mass is 10.0. The molecule has 0 unspecified atom stereocenters. The van der Waals surface area contributed by atoms with E-state index in [1.807, 2.05) is 29.3 Å². The molecule has 0 saturated carbocycles. The van der Waals surface area contributed by atoms with Crippen LogP contribution in [-0.4, -0.2) is 71.5 Å². The average Bonchev–Trinajstić information content (AvgIpc) is 3.51. The van der Waals surface area contributed by atoms with Crippen molar-refractivity contribution in [1.29, 1.82) is 0 Å². The van der Waals surface area contributed by atoms with Gasteiger partial charge in [-0.2, -0.15) is 11.3 Å². The molecular weight excluding hydrogens is 586 g/mol. The Morgan fingerprint density at radius 2 is 1.84 bits per heavy atom. The molecule has 230 valence electrons. The maximum Gasteiger partial charge on any atom is 0.337 e. The second-order valence-corrected chi connectivity index (χ2v) is 12.2. The van der Waals surface area contributed by atoms with Gasteiger partial charge in [0.15, 0.2) is 0 Å². The van der Waals surface area contributed by atoms with Crippen LogP contribution in [-0.2, 0) is 17.8 Å². The SMILES string of the molecule is COC(=O)c1ccc(CNC(=O)N(Cc2ccsc2)C2CCN([C@H](C)CCNC(=O)c3c(C)cc(Cl)nc3C)CC2)cc1. The highest BCUT2D eigenvalue weighted by Crippen LogP contribution is 2.23. The van der Waals surface area contributed by atoms with Gasteiger partial charge in [0.05, 0.1) is 23.9 Å². The summed E-state index contributed by atoms with van der Waals surface area (Å²) in [5, 5.41) is 10.6. The molecule has 1 fully saturated rings. The highest BCUT2D eigenvalue weighted by atomic mass is 35.5. The molecule has 3 amide bonds. The van der Waals surface area contributed by atoms with Crippen molar-refractivity contribution in [2.24, 2.45) is 0 Å². The molecule has 3 heterocycles. The van der Waals surface area contributed by atoms with Crippen molar-refractivity contribution >= 4 is 40.8 Å². The third-order valence-electron chi connectivity index (χ3n) is 8.02. The molecule has 2 aromatic heterocycles. The van der Waals surface area contributed by atoms with Crippen molar-refractivity contribution in [2.45, 2.75) is 65.2 Å². The van der Waals surface area contributed by atoms with E-state index in [1.165, 1.54) is 7.11 Å². The number of pyridine rings is 1. The molecule has 43 heavy (non-hydrogen) atoms. The number of ether oxygens (including phenoxy) is 1. The van der Waals surface area contributed by atoms with E-state index >= 15 is 0 Å². The molecule has 2 N–H and O–H groups in total. The summed E-state index contributed by atoms with van der Waals surface area (Å²) in [4.78, 5) is 46.6. The number of likely N-dealkylation sites (tertiary alicyclic amines) is 1. The lowest BCUT2D eigenvalue weighted by Gasteiger charge is -2.40. The van der Waals surface area contributed by atoms with Gasteiger partial charge in [-0.3, -0.25) is 4.79 Å². The molecule has 0 bridgehead atoms. The van der Waals surface area contributed by atoms with Crippen molar-refractivity contribution in [1.82, 2.24) is 25.4 Å². The van der Waals surface area contributed by atoms with Crippen molar-refractivity contribution in [3.8, 4) is 0 Å². The van der Waals surface area contributed by atoms with Gasteiger partial charge in [0.2, 0.25) is 0 Å². The highest BCUT2D eigenvalue weighted by molar-refractivity contribution is 7.07. The number of nitrogens with zero attached hydrogens (tertiary/aromatic N) is 3. The van der Waals surface area contributed by atoms with Crippen molar-refractivity contribution in [2.75, 3.05) is 26.7 Å². The first-order valence-corrected chi connectivity index (χ1v) is 15.9. The first-order chi connectivity index (χ1) is 20.7. The monoisotopic (exact) mass is 625 g/mol. The molecule has 11 heteroatoms. The minimum Gasteiger partial charge on any atom is -0.465 e. The number of methoxy groups -OCH3 is 1. The smallest absolute Gasteiger partial charge is 0.337 e. The zero-order valence-electron chi connectivity index (χ0n) is 25.2. The maximum absolute atomic E-state index is 13.4. The molecule has 0 radical (unpaired) electrons. The Kier molecular flexibility index (Phi) is 11.6. The Morgan fingerprint density at radius 1 is 1.12 bits per heavy atom. The first kappa shape index (κ1) is 32.4. The number of piperidine rings is 1. The number of amides is 3. The second kappa shape index (κ2) is 15.3. The van der Waals surface area contributed by atoms with Gasteiger partial charge in [0, 0.05) is 44.8 Å². The Morgan fingerprint density at radius 3 is 2.47 bits per heavy atom. The summed E-state index contributed by atoms with van der Waals surface area (Å²) in [5.74, 6) is -0.511. The molecule has 0 spiro atoms. The van der Waals surface area contributed by atoms with Gasteiger partial charge >= 0.3 is 12.0 Å². The zero-order valence-corrected chi connectivity index (χ0v) is 26.8. The summed E-state index contributed by atoms with van der Waals surface area (Å²) in [7, 11) is 1.35. The van der Waals surface area contributed by atoms with Crippen LogP contribution in [0.15, 0.2) is 47.2 Å². The summed E-state index contributed by atoms with van der Waals surface area (Å²) in [5.41, 5.74) is 4.53. The van der Waals surface area contributed by atoms with Gasteiger partial charge in [0.25, 0.3) is 5.91 Å². The van der Waals surface area contributed by atoms with Crippen LogP contribution < -0.4 is 10.6 Å². The Hall–Kier alpha value is -3.47. The second-order valence-electron chi connectivity index (χ2n) is 11.0. The summed E-state index contributed by atoms with van der Waals surface area (Å²) < 4.78 is 4.76. The van der Waals surface area contributed by atoms with Crippen LogP contribution in [0.1, 0.15) is 69.3 Å². The summed E-state index contributed by atoms with van der Waals surface area (Å²) in [6.45, 7) is 9.10. The van der Waals surface area contributed by atoms with Gasteiger partial charge < -0.3 is 25.2 Å². The van der Waals surface area contributed by atoms with Crippen LogP contribution in [0.3, 0.4) is 0 Å². The van der Waals surface area contributed by atoms with Crippen LogP contribution >= 0.6 is 22.9 Å². The fraction of sp³-hybridized carbons (Fsp3) is 0.438. The van der Waals surface area contributed by atoms with E-state index in [9.17, 15) is 14.4 Å². The number of halogens is 1.